The van der Waals surface area contributed by atoms with Gasteiger partial charge in [0.2, 0.25) is 5.91 Å². The SMILES string of the molecule is CCn1cnnc1CNC(=O)c1ccc(Cl)c(N2CCCC2=O)c1. The second kappa shape index (κ2) is 7.00. The lowest BCUT2D eigenvalue weighted by Gasteiger charge is -2.18. The van der Waals surface area contributed by atoms with Crippen LogP contribution in [0, 0.1) is 0 Å². The van der Waals surface area contributed by atoms with E-state index in [2.05, 4.69) is 15.5 Å². The van der Waals surface area contributed by atoms with Crippen molar-refractivity contribution in [2.75, 3.05) is 11.4 Å². The maximum atomic E-state index is 12.4. The average molecular weight is 348 g/mol. The Balaban J connectivity index is 1.74. The molecule has 2 heterocycles. The molecule has 8 heteroatoms. The van der Waals surface area contributed by atoms with E-state index in [9.17, 15) is 9.59 Å². The molecule has 0 aliphatic carbocycles. The molecule has 3 rings (SSSR count). The fraction of sp³-hybridized carbons (Fsp3) is 0.375. The Bertz CT molecular complexity index is 774. The molecule has 1 aromatic heterocycles. The van der Waals surface area contributed by atoms with Crippen molar-refractivity contribution in [2.24, 2.45) is 0 Å². The normalized spacial score (nSPS) is 14.2. The van der Waals surface area contributed by atoms with E-state index in [1.165, 1.54) is 0 Å². The first-order valence-electron chi connectivity index (χ1n) is 7.85. The summed E-state index contributed by atoms with van der Waals surface area (Å²) in [6, 6.07) is 4.95. The van der Waals surface area contributed by atoms with Crippen LogP contribution in [-0.4, -0.2) is 33.1 Å². The van der Waals surface area contributed by atoms with Crippen LogP contribution in [0.15, 0.2) is 24.5 Å². The van der Waals surface area contributed by atoms with Crippen molar-refractivity contribution in [1.29, 1.82) is 0 Å². The van der Waals surface area contributed by atoms with E-state index < -0.39 is 0 Å². The van der Waals surface area contributed by atoms with Crippen molar-refractivity contribution in [1.82, 2.24) is 20.1 Å². The van der Waals surface area contributed by atoms with Crippen LogP contribution >= 0.6 is 11.6 Å². The molecular formula is C16H18ClN5O2. The number of anilines is 1. The molecule has 0 atom stereocenters. The molecular weight excluding hydrogens is 330 g/mol. The smallest absolute Gasteiger partial charge is 0.251 e. The van der Waals surface area contributed by atoms with Gasteiger partial charge in [0.25, 0.3) is 5.91 Å². The minimum Gasteiger partial charge on any atom is -0.345 e. The van der Waals surface area contributed by atoms with Gasteiger partial charge in [-0.25, -0.2) is 0 Å². The van der Waals surface area contributed by atoms with Gasteiger partial charge in [-0.3, -0.25) is 9.59 Å². The molecule has 0 spiro atoms. The molecule has 1 N–H and O–H groups in total. The highest BCUT2D eigenvalue weighted by molar-refractivity contribution is 6.34. The second-order valence-corrected chi connectivity index (χ2v) is 5.94. The van der Waals surface area contributed by atoms with Crippen LogP contribution in [0.1, 0.15) is 35.9 Å². The lowest BCUT2D eigenvalue weighted by molar-refractivity contribution is -0.117. The number of benzene rings is 1. The zero-order valence-corrected chi connectivity index (χ0v) is 14.1. The van der Waals surface area contributed by atoms with Crippen LogP contribution < -0.4 is 10.2 Å². The number of rotatable bonds is 5. The van der Waals surface area contributed by atoms with Crippen molar-refractivity contribution < 1.29 is 9.59 Å². The highest BCUT2D eigenvalue weighted by Crippen LogP contribution is 2.30. The van der Waals surface area contributed by atoms with Gasteiger partial charge in [-0.1, -0.05) is 11.6 Å². The summed E-state index contributed by atoms with van der Waals surface area (Å²) in [5, 5.41) is 11.1. The summed E-state index contributed by atoms with van der Waals surface area (Å²) < 4.78 is 1.86. The molecule has 24 heavy (non-hydrogen) atoms. The van der Waals surface area contributed by atoms with E-state index >= 15 is 0 Å². The fourth-order valence-electron chi connectivity index (χ4n) is 2.70. The van der Waals surface area contributed by atoms with Crippen molar-refractivity contribution in [3.05, 3.63) is 40.9 Å². The highest BCUT2D eigenvalue weighted by Gasteiger charge is 2.24. The van der Waals surface area contributed by atoms with Crippen LogP contribution in [0.5, 0.6) is 0 Å². The number of aromatic nitrogens is 3. The number of hydrogen-bond acceptors (Lipinski definition) is 4. The fourth-order valence-corrected chi connectivity index (χ4v) is 2.92. The maximum absolute atomic E-state index is 12.4. The molecule has 0 unspecified atom stereocenters. The number of aryl methyl sites for hydroxylation is 1. The quantitative estimate of drug-likeness (QED) is 0.897. The van der Waals surface area contributed by atoms with Crippen molar-refractivity contribution in [3.63, 3.8) is 0 Å². The molecule has 2 amide bonds. The third-order valence-electron chi connectivity index (χ3n) is 4.02. The number of nitrogens with zero attached hydrogens (tertiary/aromatic N) is 4. The predicted octanol–water partition coefficient (Wildman–Crippen LogP) is 2.01. The topological polar surface area (TPSA) is 80.1 Å². The predicted molar refractivity (Wildman–Crippen MR) is 89.9 cm³/mol. The molecule has 1 aliphatic heterocycles. The Morgan fingerprint density at radius 1 is 1.42 bits per heavy atom. The first kappa shape index (κ1) is 16.4. The van der Waals surface area contributed by atoms with Crippen LogP contribution in [-0.2, 0) is 17.9 Å². The number of hydrogen-bond donors (Lipinski definition) is 1. The molecule has 1 saturated heterocycles. The lowest BCUT2D eigenvalue weighted by atomic mass is 10.1. The van der Waals surface area contributed by atoms with Gasteiger partial charge in [-0.15, -0.1) is 10.2 Å². The molecule has 1 aromatic carbocycles. The van der Waals surface area contributed by atoms with E-state index in [0.29, 0.717) is 35.1 Å². The summed E-state index contributed by atoms with van der Waals surface area (Å²) >= 11 is 6.20. The van der Waals surface area contributed by atoms with Gasteiger partial charge in [0.1, 0.15) is 6.33 Å². The molecule has 1 fully saturated rings. The van der Waals surface area contributed by atoms with Gasteiger partial charge >= 0.3 is 0 Å². The highest BCUT2D eigenvalue weighted by atomic mass is 35.5. The Morgan fingerprint density at radius 2 is 2.25 bits per heavy atom. The summed E-state index contributed by atoms with van der Waals surface area (Å²) in [6.45, 7) is 3.63. The number of amides is 2. The van der Waals surface area contributed by atoms with Crippen molar-refractivity contribution in [3.8, 4) is 0 Å². The average Bonchev–Trinajstić information content (AvgIpc) is 3.21. The van der Waals surface area contributed by atoms with Crippen LogP contribution in [0.25, 0.3) is 0 Å². The Hall–Kier alpha value is -2.41. The van der Waals surface area contributed by atoms with Gasteiger partial charge < -0.3 is 14.8 Å². The molecule has 1 aliphatic rings. The van der Waals surface area contributed by atoms with E-state index in [-0.39, 0.29) is 18.4 Å². The van der Waals surface area contributed by atoms with Gasteiger partial charge in [-0.05, 0) is 31.5 Å². The molecule has 2 aromatic rings. The zero-order chi connectivity index (χ0) is 17.1. The van der Waals surface area contributed by atoms with E-state index in [4.69, 9.17) is 11.6 Å². The van der Waals surface area contributed by atoms with E-state index in [1.807, 2.05) is 11.5 Å². The first-order valence-corrected chi connectivity index (χ1v) is 8.22. The molecule has 7 nitrogen and oxygen atoms in total. The Labute approximate surface area is 144 Å². The van der Waals surface area contributed by atoms with Crippen LogP contribution in [0.3, 0.4) is 0 Å². The molecule has 0 bridgehead atoms. The summed E-state index contributed by atoms with van der Waals surface area (Å²) in [6.07, 6.45) is 2.94. The van der Waals surface area contributed by atoms with Gasteiger partial charge in [0, 0.05) is 25.1 Å². The molecule has 0 radical (unpaired) electrons. The third-order valence-corrected chi connectivity index (χ3v) is 4.34. The van der Waals surface area contributed by atoms with Crippen LogP contribution in [0.4, 0.5) is 5.69 Å². The second-order valence-electron chi connectivity index (χ2n) is 5.53. The minimum absolute atomic E-state index is 0.0329. The summed E-state index contributed by atoms with van der Waals surface area (Å²) in [5.41, 5.74) is 1.04. The van der Waals surface area contributed by atoms with Crippen LogP contribution in [0.2, 0.25) is 5.02 Å². The van der Waals surface area contributed by atoms with Crippen molar-refractivity contribution in [2.45, 2.75) is 32.9 Å². The van der Waals surface area contributed by atoms with Crippen molar-refractivity contribution >= 4 is 29.1 Å². The summed E-state index contributed by atoms with van der Waals surface area (Å²) in [5.74, 6) is 0.477. The van der Waals surface area contributed by atoms with Gasteiger partial charge in [0.15, 0.2) is 5.82 Å². The summed E-state index contributed by atoms with van der Waals surface area (Å²) in [4.78, 5) is 25.9. The number of carbonyl (C=O) groups excluding carboxylic acids is 2. The van der Waals surface area contributed by atoms with Gasteiger partial charge in [-0.2, -0.15) is 0 Å². The Kier molecular flexibility index (Phi) is 4.80. The third kappa shape index (κ3) is 3.26. The Morgan fingerprint density at radius 3 is 2.96 bits per heavy atom. The maximum Gasteiger partial charge on any atom is 0.251 e. The standard InChI is InChI=1S/C16H18ClN5O2/c1-2-21-10-19-20-14(21)9-18-16(24)11-5-6-12(17)13(8-11)22-7-3-4-15(22)23/h5-6,8,10H,2-4,7,9H2,1H3,(H,18,24). The van der Waals surface area contributed by atoms with E-state index in [0.717, 1.165) is 13.0 Å². The molecule has 126 valence electrons. The monoisotopic (exact) mass is 347 g/mol. The number of halogens is 1. The number of carbonyl (C=O) groups is 2. The minimum atomic E-state index is -0.245. The molecule has 0 saturated carbocycles. The first-order chi connectivity index (χ1) is 11.6. The largest absolute Gasteiger partial charge is 0.345 e. The number of nitrogens with one attached hydrogen (secondary N) is 1. The summed E-state index contributed by atoms with van der Waals surface area (Å²) in [7, 11) is 0. The van der Waals surface area contributed by atoms with E-state index in [1.54, 1.807) is 29.4 Å². The van der Waals surface area contributed by atoms with Gasteiger partial charge in [0.05, 0.1) is 17.3 Å². The zero-order valence-electron chi connectivity index (χ0n) is 13.3. The lowest BCUT2D eigenvalue weighted by Crippen LogP contribution is -2.27.